The van der Waals surface area contributed by atoms with E-state index in [2.05, 4.69) is 0 Å². The van der Waals surface area contributed by atoms with Gasteiger partial charge in [0.05, 0.1) is 17.2 Å². The number of benzene rings is 2. The molecular formula is C14H10FNO2S. The van der Waals surface area contributed by atoms with Gasteiger partial charge in [-0.2, -0.15) is 0 Å². The number of ether oxygens (including phenoxy) is 1. The molecular weight excluding hydrogens is 265 g/mol. The normalized spacial score (nSPS) is 10.8. The van der Waals surface area contributed by atoms with Crippen LogP contribution in [0.1, 0.15) is 0 Å². The molecule has 5 heteroatoms. The highest BCUT2D eigenvalue weighted by atomic mass is 32.1. The van der Waals surface area contributed by atoms with E-state index >= 15 is 0 Å². The number of aromatic nitrogens is 1. The molecule has 0 aliphatic heterocycles. The van der Waals surface area contributed by atoms with Crippen LogP contribution in [0.5, 0.6) is 5.75 Å². The van der Waals surface area contributed by atoms with E-state index in [1.807, 2.05) is 18.2 Å². The lowest BCUT2D eigenvalue weighted by molar-refractivity contribution is 0.412. The van der Waals surface area contributed by atoms with Crippen LogP contribution >= 0.6 is 11.5 Å². The van der Waals surface area contributed by atoms with E-state index in [-0.39, 0.29) is 5.56 Å². The fourth-order valence-electron chi connectivity index (χ4n) is 1.95. The summed E-state index contributed by atoms with van der Waals surface area (Å²) in [6, 6.07) is 11.4. The first kappa shape index (κ1) is 11.9. The summed E-state index contributed by atoms with van der Waals surface area (Å²) in [7, 11) is 1.50. The highest BCUT2D eigenvalue weighted by Gasteiger charge is 2.13. The van der Waals surface area contributed by atoms with Crippen molar-refractivity contribution in [2.75, 3.05) is 7.11 Å². The summed E-state index contributed by atoms with van der Waals surface area (Å²) in [4.78, 5) is 12.3. The van der Waals surface area contributed by atoms with Gasteiger partial charge >= 0.3 is 0 Å². The maximum atomic E-state index is 13.4. The Labute approximate surface area is 112 Å². The predicted molar refractivity (Wildman–Crippen MR) is 73.9 cm³/mol. The van der Waals surface area contributed by atoms with Gasteiger partial charge in [0.2, 0.25) is 0 Å². The second-order valence-electron chi connectivity index (χ2n) is 4.00. The number of hydrogen-bond donors (Lipinski definition) is 0. The number of hydrogen-bond acceptors (Lipinski definition) is 3. The van der Waals surface area contributed by atoms with Gasteiger partial charge in [-0.1, -0.05) is 23.7 Å². The zero-order chi connectivity index (χ0) is 13.4. The molecule has 3 rings (SSSR count). The lowest BCUT2D eigenvalue weighted by Crippen LogP contribution is -2.11. The summed E-state index contributed by atoms with van der Waals surface area (Å²) < 4.78 is 20.9. The van der Waals surface area contributed by atoms with Crippen LogP contribution in [0.15, 0.2) is 47.3 Å². The Kier molecular flexibility index (Phi) is 2.83. The molecule has 0 atom stereocenters. The minimum Gasteiger partial charge on any atom is -0.495 e. The summed E-state index contributed by atoms with van der Waals surface area (Å²) in [6.45, 7) is 0. The molecule has 96 valence electrons. The molecule has 0 bridgehead atoms. The summed E-state index contributed by atoms with van der Waals surface area (Å²) in [5.41, 5.74) is 0.262. The third-order valence-corrected chi connectivity index (χ3v) is 3.95. The summed E-state index contributed by atoms with van der Waals surface area (Å²) in [5.74, 6) is 0.0650. The Morgan fingerprint density at radius 2 is 2.00 bits per heavy atom. The van der Waals surface area contributed by atoms with Crippen molar-refractivity contribution >= 4 is 21.6 Å². The van der Waals surface area contributed by atoms with Gasteiger partial charge in [0.25, 0.3) is 5.56 Å². The number of rotatable bonds is 2. The minimum atomic E-state index is -0.403. The first-order chi connectivity index (χ1) is 9.20. The maximum absolute atomic E-state index is 13.4. The summed E-state index contributed by atoms with van der Waals surface area (Å²) in [6.07, 6.45) is 0. The van der Waals surface area contributed by atoms with E-state index in [0.29, 0.717) is 16.8 Å². The van der Waals surface area contributed by atoms with Crippen molar-refractivity contribution in [1.29, 1.82) is 0 Å². The molecule has 19 heavy (non-hydrogen) atoms. The second kappa shape index (κ2) is 4.51. The van der Waals surface area contributed by atoms with Crippen molar-refractivity contribution in [2.24, 2.45) is 0 Å². The van der Waals surface area contributed by atoms with Gasteiger partial charge < -0.3 is 4.74 Å². The van der Waals surface area contributed by atoms with Gasteiger partial charge in [-0.15, -0.1) is 0 Å². The van der Waals surface area contributed by atoms with E-state index in [4.69, 9.17) is 4.74 Å². The Balaban J connectivity index is 2.33. The highest BCUT2D eigenvalue weighted by molar-refractivity contribution is 7.14. The maximum Gasteiger partial charge on any atom is 0.273 e. The van der Waals surface area contributed by atoms with E-state index in [1.165, 1.54) is 40.8 Å². The molecule has 0 unspecified atom stereocenters. The molecule has 0 saturated heterocycles. The lowest BCUT2D eigenvalue weighted by atomic mass is 10.2. The topological polar surface area (TPSA) is 31.2 Å². The summed E-state index contributed by atoms with van der Waals surface area (Å²) in [5, 5.41) is 0.624. The van der Waals surface area contributed by atoms with Crippen molar-refractivity contribution in [3.8, 4) is 11.4 Å². The second-order valence-corrected chi connectivity index (χ2v) is 4.99. The van der Waals surface area contributed by atoms with Crippen LogP contribution in [-0.2, 0) is 0 Å². The minimum absolute atomic E-state index is 0.162. The van der Waals surface area contributed by atoms with Crippen molar-refractivity contribution in [1.82, 2.24) is 3.96 Å². The van der Waals surface area contributed by atoms with Gasteiger partial charge in [0.1, 0.15) is 17.3 Å². The molecule has 3 aromatic rings. The molecule has 2 aromatic carbocycles. The van der Waals surface area contributed by atoms with Crippen LogP contribution in [0.25, 0.3) is 15.8 Å². The third-order valence-electron chi connectivity index (χ3n) is 2.85. The zero-order valence-corrected chi connectivity index (χ0v) is 10.9. The van der Waals surface area contributed by atoms with Crippen LogP contribution < -0.4 is 10.3 Å². The molecule has 1 heterocycles. The molecule has 0 aliphatic rings. The van der Waals surface area contributed by atoms with Crippen LogP contribution in [-0.4, -0.2) is 11.1 Å². The monoisotopic (exact) mass is 275 g/mol. The fraction of sp³-hybridized carbons (Fsp3) is 0.0714. The van der Waals surface area contributed by atoms with Crippen LogP contribution in [0.3, 0.4) is 0 Å². The molecule has 0 saturated carbocycles. The van der Waals surface area contributed by atoms with Crippen LogP contribution in [0.4, 0.5) is 4.39 Å². The van der Waals surface area contributed by atoms with Gasteiger partial charge in [-0.25, -0.2) is 8.35 Å². The Morgan fingerprint density at radius 1 is 1.21 bits per heavy atom. The predicted octanol–water partition coefficient (Wildman–Crippen LogP) is 3.20. The fourth-order valence-corrected chi connectivity index (χ4v) is 2.96. The van der Waals surface area contributed by atoms with Crippen molar-refractivity contribution in [3.05, 3.63) is 58.6 Å². The SMILES string of the molecule is COc1ccc(F)cc1-n1sc2ccccc2c1=O. The molecule has 3 nitrogen and oxygen atoms in total. The first-order valence-corrected chi connectivity index (χ1v) is 6.43. The van der Waals surface area contributed by atoms with Crippen molar-refractivity contribution < 1.29 is 9.13 Å². The molecule has 0 fully saturated rings. The quantitative estimate of drug-likeness (QED) is 0.719. The smallest absolute Gasteiger partial charge is 0.273 e. The van der Waals surface area contributed by atoms with E-state index in [9.17, 15) is 9.18 Å². The first-order valence-electron chi connectivity index (χ1n) is 5.65. The average molecular weight is 275 g/mol. The number of halogens is 1. The Hall–Kier alpha value is -2.14. The van der Waals surface area contributed by atoms with Gasteiger partial charge in [-0.05, 0) is 24.3 Å². The number of methoxy groups -OCH3 is 1. The average Bonchev–Trinajstić information content (AvgIpc) is 2.76. The van der Waals surface area contributed by atoms with E-state index < -0.39 is 5.82 Å². The molecule has 0 amide bonds. The van der Waals surface area contributed by atoms with Crippen molar-refractivity contribution in [3.63, 3.8) is 0 Å². The highest BCUT2D eigenvalue weighted by Crippen LogP contribution is 2.27. The standard InChI is InChI=1S/C14H10FNO2S/c1-18-12-7-6-9(15)8-11(12)16-14(17)10-4-2-3-5-13(10)19-16/h2-8H,1H3. The van der Waals surface area contributed by atoms with Crippen LogP contribution in [0, 0.1) is 5.82 Å². The third kappa shape index (κ3) is 1.92. The molecule has 0 radical (unpaired) electrons. The molecule has 1 aromatic heterocycles. The van der Waals surface area contributed by atoms with Crippen molar-refractivity contribution in [2.45, 2.75) is 0 Å². The number of nitrogens with zero attached hydrogens (tertiary/aromatic N) is 1. The summed E-state index contributed by atoms with van der Waals surface area (Å²) >= 11 is 1.27. The Bertz CT molecular complexity index is 807. The molecule has 0 N–H and O–H groups in total. The van der Waals surface area contributed by atoms with E-state index in [1.54, 1.807) is 6.07 Å². The Morgan fingerprint density at radius 3 is 2.74 bits per heavy atom. The van der Waals surface area contributed by atoms with E-state index in [0.717, 1.165) is 4.70 Å². The zero-order valence-electron chi connectivity index (χ0n) is 10.1. The van der Waals surface area contributed by atoms with Gasteiger partial charge in [0, 0.05) is 6.07 Å². The number of fused-ring (bicyclic) bond motifs is 1. The molecule has 0 spiro atoms. The van der Waals surface area contributed by atoms with Crippen LogP contribution in [0.2, 0.25) is 0 Å². The molecule has 0 aliphatic carbocycles. The van der Waals surface area contributed by atoms with Gasteiger partial charge in [-0.3, -0.25) is 4.79 Å². The largest absolute Gasteiger partial charge is 0.495 e. The lowest BCUT2D eigenvalue weighted by Gasteiger charge is -2.07. The van der Waals surface area contributed by atoms with Gasteiger partial charge in [0.15, 0.2) is 0 Å².